The van der Waals surface area contributed by atoms with Gasteiger partial charge in [-0.15, -0.1) is 0 Å². The minimum absolute atomic E-state index is 0.0285. The Labute approximate surface area is 144 Å². The molecule has 5 nitrogen and oxygen atoms in total. The Morgan fingerprint density at radius 1 is 1.12 bits per heavy atom. The van der Waals surface area contributed by atoms with Crippen LogP contribution in [0, 0.1) is 5.92 Å². The van der Waals surface area contributed by atoms with Crippen LogP contribution >= 0.6 is 0 Å². The molecule has 5 heteroatoms. The topological polar surface area (TPSA) is 43.9 Å². The molecule has 2 amide bonds. The Hall–Kier alpha value is -1.88. The number of hydrogen-bond acceptors (Lipinski definition) is 3. The lowest BCUT2D eigenvalue weighted by molar-refractivity contribution is -0.145. The second-order valence-electron chi connectivity index (χ2n) is 7.39. The van der Waals surface area contributed by atoms with E-state index in [-0.39, 0.29) is 17.9 Å². The highest BCUT2D eigenvalue weighted by Gasteiger charge is 2.40. The smallest absolute Gasteiger partial charge is 0.245 e. The molecule has 1 aromatic carbocycles. The first-order chi connectivity index (χ1) is 11.4. The van der Waals surface area contributed by atoms with Crippen LogP contribution in [0.5, 0.6) is 0 Å². The molecule has 1 saturated heterocycles. The van der Waals surface area contributed by atoms with Crippen molar-refractivity contribution in [2.45, 2.75) is 38.9 Å². The second kappa shape index (κ2) is 6.55. The van der Waals surface area contributed by atoms with E-state index in [4.69, 9.17) is 0 Å². The van der Waals surface area contributed by atoms with Crippen molar-refractivity contribution in [2.24, 2.45) is 5.92 Å². The number of nitrogens with zero attached hydrogens (tertiary/aromatic N) is 3. The molecule has 130 valence electrons. The summed E-state index contributed by atoms with van der Waals surface area (Å²) >= 11 is 0. The van der Waals surface area contributed by atoms with Crippen molar-refractivity contribution >= 4 is 11.8 Å². The molecule has 1 fully saturated rings. The van der Waals surface area contributed by atoms with E-state index in [0.717, 1.165) is 18.7 Å². The van der Waals surface area contributed by atoms with Crippen molar-refractivity contribution in [3.8, 4) is 0 Å². The molecule has 1 aromatic rings. The third kappa shape index (κ3) is 3.05. The zero-order valence-corrected chi connectivity index (χ0v) is 15.0. The highest BCUT2D eigenvalue weighted by Crippen LogP contribution is 2.27. The third-order valence-electron chi connectivity index (χ3n) is 5.49. The van der Waals surface area contributed by atoms with Gasteiger partial charge in [0.05, 0.1) is 0 Å². The summed E-state index contributed by atoms with van der Waals surface area (Å²) < 4.78 is 0. The van der Waals surface area contributed by atoms with Crippen molar-refractivity contribution in [2.75, 3.05) is 27.2 Å². The Bertz CT molecular complexity index is 643. The fourth-order valence-corrected chi connectivity index (χ4v) is 4.09. The highest BCUT2D eigenvalue weighted by atomic mass is 16.2. The Kier molecular flexibility index (Phi) is 4.63. The molecule has 0 N–H and O–H groups in total. The number of hydrogen-bond donors (Lipinski definition) is 0. The van der Waals surface area contributed by atoms with E-state index in [1.54, 1.807) is 11.8 Å². The predicted molar refractivity (Wildman–Crippen MR) is 93.4 cm³/mol. The van der Waals surface area contributed by atoms with Crippen LogP contribution in [0.15, 0.2) is 24.3 Å². The fraction of sp³-hybridized carbons (Fsp3) is 0.579. The van der Waals surface area contributed by atoms with Crippen molar-refractivity contribution in [1.82, 2.24) is 14.7 Å². The maximum absolute atomic E-state index is 13.2. The lowest BCUT2D eigenvalue weighted by atomic mass is 9.93. The van der Waals surface area contributed by atoms with E-state index >= 15 is 0 Å². The van der Waals surface area contributed by atoms with Crippen LogP contribution < -0.4 is 0 Å². The number of fused-ring (bicyclic) bond motifs is 1. The first-order valence-corrected chi connectivity index (χ1v) is 8.67. The van der Waals surface area contributed by atoms with Gasteiger partial charge in [-0.2, -0.15) is 0 Å². The van der Waals surface area contributed by atoms with Gasteiger partial charge in [-0.05, 0) is 31.1 Å². The number of carbonyl (C=O) groups excluding carboxylic acids is 2. The van der Waals surface area contributed by atoms with Crippen LogP contribution in [0.3, 0.4) is 0 Å². The quantitative estimate of drug-likeness (QED) is 0.823. The SMILES string of the molecule is CC(=O)N1Cc2ccccc2C[C@@H]1C(=O)N1C[C@@H](C)[C@@H](N(C)C)C1. The molecular formula is C19H27N3O2. The van der Waals surface area contributed by atoms with Gasteiger partial charge in [0.2, 0.25) is 11.8 Å². The molecule has 24 heavy (non-hydrogen) atoms. The molecular weight excluding hydrogens is 302 g/mol. The Morgan fingerprint density at radius 3 is 2.38 bits per heavy atom. The van der Waals surface area contributed by atoms with Gasteiger partial charge in [0.25, 0.3) is 0 Å². The molecule has 0 radical (unpaired) electrons. The molecule has 2 aliphatic rings. The summed E-state index contributed by atoms with van der Waals surface area (Å²) in [4.78, 5) is 31.1. The molecule has 2 heterocycles. The van der Waals surface area contributed by atoms with Gasteiger partial charge >= 0.3 is 0 Å². The summed E-state index contributed by atoms with van der Waals surface area (Å²) in [7, 11) is 4.13. The lowest BCUT2D eigenvalue weighted by Crippen LogP contribution is -2.53. The molecule has 3 atom stereocenters. The van der Waals surface area contributed by atoms with Crippen molar-refractivity contribution in [3.05, 3.63) is 35.4 Å². The minimum atomic E-state index is -0.370. The van der Waals surface area contributed by atoms with Crippen molar-refractivity contribution < 1.29 is 9.59 Å². The number of likely N-dealkylation sites (tertiary alicyclic amines) is 1. The van der Waals surface area contributed by atoms with Gasteiger partial charge in [-0.25, -0.2) is 0 Å². The molecule has 0 aromatic heterocycles. The van der Waals surface area contributed by atoms with Crippen LogP contribution in [0.25, 0.3) is 0 Å². The summed E-state index contributed by atoms with van der Waals surface area (Å²) in [6, 6.07) is 8.13. The Balaban J connectivity index is 1.82. The van der Waals surface area contributed by atoms with Gasteiger partial charge < -0.3 is 14.7 Å². The molecule has 0 spiro atoms. The zero-order chi connectivity index (χ0) is 17.4. The normalized spacial score (nSPS) is 26.6. The zero-order valence-electron chi connectivity index (χ0n) is 15.0. The maximum atomic E-state index is 13.2. The van der Waals surface area contributed by atoms with Gasteiger partial charge in [0, 0.05) is 39.0 Å². The van der Waals surface area contributed by atoms with Crippen LogP contribution in [0.1, 0.15) is 25.0 Å². The molecule has 0 aliphatic carbocycles. The predicted octanol–water partition coefficient (Wildman–Crippen LogP) is 1.37. The van der Waals surface area contributed by atoms with Crippen LogP contribution in [-0.4, -0.2) is 65.8 Å². The second-order valence-corrected chi connectivity index (χ2v) is 7.39. The van der Waals surface area contributed by atoms with E-state index in [1.807, 2.05) is 23.1 Å². The van der Waals surface area contributed by atoms with E-state index in [1.165, 1.54) is 5.56 Å². The monoisotopic (exact) mass is 329 g/mol. The van der Waals surface area contributed by atoms with E-state index in [9.17, 15) is 9.59 Å². The van der Waals surface area contributed by atoms with E-state index in [0.29, 0.717) is 24.9 Å². The highest BCUT2D eigenvalue weighted by molar-refractivity contribution is 5.88. The average Bonchev–Trinajstić information content (AvgIpc) is 2.95. The van der Waals surface area contributed by atoms with Crippen molar-refractivity contribution in [1.29, 1.82) is 0 Å². The molecule has 0 saturated carbocycles. The van der Waals surface area contributed by atoms with Crippen LogP contribution in [-0.2, 0) is 22.6 Å². The minimum Gasteiger partial charge on any atom is -0.339 e. The van der Waals surface area contributed by atoms with E-state index < -0.39 is 0 Å². The average molecular weight is 329 g/mol. The maximum Gasteiger partial charge on any atom is 0.245 e. The van der Waals surface area contributed by atoms with Gasteiger partial charge in [-0.3, -0.25) is 9.59 Å². The van der Waals surface area contributed by atoms with E-state index in [2.05, 4.69) is 32.0 Å². The largest absolute Gasteiger partial charge is 0.339 e. The van der Waals surface area contributed by atoms with Gasteiger partial charge in [-0.1, -0.05) is 31.2 Å². The van der Waals surface area contributed by atoms with Gasteiger partial charge in [0.1, 0.15) is 6.04 Å². The number of likely N-dealkylation sites (N-methyl/N-ethyl adjacent to an activating group) is 1. The number of carbonyl (C=O) groups is 2. The first kappa shape index (κ1) is 17.0. The first-order valence-electron chi connectivity index (χ1n) is 8.67. The molecule has 0 bridgehead atoms. The van der Waals surface area contributed by atoms with Crippen LogP contribution in [0.2, 0.25) is 0 Å². The number of benzene rings is 1. The number of amides is 2. The summed E-state index contributed by atoms with van der Waals surface area (Å²) in [5.74, 6) is 0.515. The number of rotatable bonds is 2. The molecule has 3 rings (SSSR count). The van der Waals surface area contributed by atoms with Crippen LogP contribution in [0.4, 0.5) is 0 Å². The standard InChI is InChI=1S/C19H27N3O2/c1-13-10-21(12-18(13)20(3)4)19(24)17-9-15-7-5-6-8-16(15)11-22(17)14(2)23/h5-8,13,17-18H,9-12H2,1-4H3/t13-,17-,18+/m1/s1. The summed E-state index contributed by atoms with van der Waals surface area (Å²) in [5, 5.41) is 0. The summed E-state index contributed by atoms with van der Waals surface area (Å²) in [6.07, 6.45) is 0.617. The summed E-state index contributed by atoms with van der Waals surface area (Å²) in [5.41, 5.74) is 2.34. The molecule has 2 aliphatic heterocycles. The lowest BCUT2D eigenvalue weighted by Gasteiger charge is -2.37. The fourth-order valence-electron chi connectivity index (χ4n) is 4.09. The third-order valence-corrected chi connectivity index (χ3v) is 5.49. The summed E-state index contributed by atoms with van der Waals surface area (Å²) in [6.45, 7) is 5.80. The van der Waals surface area contributed by atoms with Gasteiger partial charge in [0.15, 0.2) is 0 Å². The van der Waals surface area contributed by atoms with Crippen molar-refractivity contribution in [3.63, 3.8) is 0 Å². The molecule has 0 unspecified atom stereocenters. The Morgan fingerprint density at radius 2 is 1.79 bits per heavy atom.